The molecule has 0 amide bonds. The van der Waals surface area contributed by atoms with Crippen LogP contribution in [0.5, 0.6) is 0 Å². The first-order valence-corrected chi connectivity index (χ1v) is 7.01. The van der Waals surface area contributed by atoms with Crippen molar-refractivity contribution in [3.05, 3.63) is 0 Å². The van der Waals surface area contributed by atoms with Crippen LogP contribution in [-0.2, 0) is 9.84 Å². The number of sulfone groups is 1. The monoisotopic (exact) mass is 218 g/mol. The summed E-state index contributed by atoms with van der Waals surface area (Å²) in [5, 5.41) is -0.114. The van der Waals surface area contributed by atoms with Crippen LogP contribution in [0.15, 0.2) is 0 Å². The van der Waals surface area contributed by atoms with E-state index in [1.54, 1.807) is 0 Å². The van der Waals surface area contributed by atoms with Gasteiger partial charge < -0.3 is 5.73 Å². The van der Waals surface area contributed by atoms with Gasteiger partial charge in [-0.25, -0.2) is 8.42 Å². The fourth-order valence-corrected chi connectivity index (χ4v) is 4.17. The van der Waals surface area contributed by atoms with Crippen LogP contribution >= 0.6 is 0 Å². The molecule has 0 spiro atoms. The van der Waals surface area contributed by atoms with Gasteiger partial charge in [0.15, 0.2) is 9.84 Å². The molecular weight excluding hydrogens is 200 g/mol. The van der Waals surface area contributed by atoms with E-state index in [4.69, 9.17) is 5.73 Å². The van der Waals surface area contributed by atoms with Crippen molar-refractivity contribution in [3.63, 3.8) is 0 Å². The predicted octanol–water partition coefficient (Wildman–Crippen LogP) is -0.403. The molecule has 0 aromatic rings. The molecule has 2 heterocycles. The second-order valence-electron chi connectivity index (χ2n) is 4.30. The smallest absolute Gasteiger partial charge is 0.154 e. The molecule has 0 aromatic heterocycles. The van der Waals surface area contributed by atoms with Crippen LogP contribution < -0.4 is 5.73 Å². The maximum atomic E-state index is 11.6. The minimum Gasteiger partial charge on any atom is -0.329 e. The Bertz CT molecular complexity index is 300. The Morgan fingerprint density at radius 2 is 2.14 bits per heavy atom. The van der Waals surface area contributed by atoms with Crippen LogP contribution in [0.3, 0.4) is 0 Å². The molecule has 2 unspecified atom stereocenters. The molecule has 2 aliphatic heterocycles. The average molecular weight is 218 g/mol. The van der Waals surface area contributed by atoms with Gasteiger partial charge in [0.2, 0.25) is 0 Å². The van der Waals surface area contributed by atoms with Gasteiger partial charge in [-0.05, 0) is 19.3 Å². The van der Waals surface area contributed by atoms with Crippen molar-refractivity contribution in [1.29, 1.82) is 0 Å². The van der Waals surface area contributed by atoms with E-state index in [0.29, 0.717) is 24.9 Å². The summed E-state index contributed by atoms with van der Waals surface area (Å²) in [6.07, 6.45) is 2.81. The number of rotatable bonds is 3. The molecule has 82 valence electrons. The Hall–Kier alpha value is -0.130. The van der Waals surface area contributed by atoms with Gasteiger partial charge in [0.05, 0.1) is 11.0 Å². The molecule has 2 aliphatic rings. The molecule has 5 heteroatoms. The third-order valence-electron chi connectivity index (χ3n) is 3.44. The molecule has 2 saturated heterocycles. The third kappa shape index (κ3) is 1.81. The topological polar surface area (TPSA) is 63.4 Å². The molecule has 0 aromatic carbocycles. The van der Waals surface area contributed by atoms with Crippen molar-refractivity contribution in [2.45, 2.75) is 30.6 Å². The molecule has 0 bridgehead atoms. The first-order chi connectivity index (χ1) is 6.63. The average Bonchev–Trinajstić information content (AvgIpc) is 2.40. The van der Waals surface area contributed by atoms with Crippen molar-refractivity contribution in [1.82, 2.24) is 4.90 Å². The van der Waals surface area contributed by atoms with Crippen molar-refractivity contribution in [2.24, 2.45) is 5.73 Å². The summed E-state index contributed by atoms with van der Waals surface area (Å²) in [7, 11) is -2.77. The lowest BCUT2D eigenvalue weighted by Gasteiger charge is -2.41. The maximum Gasteiger partial charge on any atom is 0.154 e. The molecular formula is C9H18N2O2S. The lowest BCUT2D eigenvalue weighted by Crippen LogP contribution is -2.54. The highest BCUT2D eigenvalue weighted by Crippen LogP contribution is 2.25. The quantitative estimate of drug-likeness (QED) is 0.700. The summed E-state index contributed by atoms with van der Waals surface area (Å²) >= 11 is 0. The van der Waals surface area contributed by atoms with E-state index in [2.05, 4.69) is 4.90 Å². The second kappa shape index (κ2) is 3.79. The van der Waals surface area contributed by atoms with E-state index < -0.39 is 9.84 Å². The zero-order chi connectivity index (χ0) is 10.2. The van der Waals surface area contributed by atoms with Gasteiger partial charge in [-0.2, -0.15) is 0 Å². The fourth-order valence-electron chi connectivity index (χ4n) is 2.33. The van der Waals surface area contributed by atoms with Crippen molar-refractivity contribution in [2.75, 3.05) is 25.4 Å². The number of hydrogen-bond donors (Lipinski definition) is 1. The Labute approximate surface area is 85.4 Å². The maximum absolute atomic E-state index is 11.6. The number of likely N-dealkylation sites (tertiary alicyclic amines) is 1. The van der Waals surface area contributed by atoms with Crippen LogP contribution in [0.2, 0.25) is 0 Å². The van der Waals surface area contributed by atoms with Gasteiger partial charge >= 0.3 is 0 Å². The van der Waals surface area contributed by atoms with Crippen LogP contribution in [0.25, 0.3) is 0 Å². The summed E-state index contributed by atoms with van der Waals surface area (Å²) in [5.41, 5.74) is 5.57. The Morgan fingerprint density at radius 1 is 1.36 bits per heavy atom. The standard InChI is InChI=1S/C9H18N2O2S/c10-6-8-3-4-11(8)7-9-2-1-5-14(9,12)13/h8-9H,1-7,10H2. The first kappa shape index (κ1) is 10.4. The fraction of sp³-hybridized carbons (Fsp3) is 1.00. The van der Waals surface area contributed by atoms with Gasteiger partial charge in [-0.3, -0.25) is 4.90 Å². The zero-order valence-corrected chi connectivity index (χ0v) is 9.17. The minimum atomic E-state index is -2.77. The van der Waals surface area contributed by atoms with Crippen LogP contribution in [0.4, 0.5) is 0 Å². The zero-order valence-electron chi connectivity index (χ0n) is 8.35. The third-order valence-corrected chi connectivity index (χ3v) is 5.70. The molecule has 2 atom stereocenters. The van der Waals surface area contributed by atoms with E-state index in [1.165, 1.54) is 0 Å². The molecule has 2 rings (SSSR count). The van der Waals surface area contributed by atoms with Crippen LogP contribution in [0.1, 0.15) is 19.3 Å². The van der Waals surface area contributed by atoms with Crippen LogP contribution in [-0.4, -0.2) is 50.0 Å². The van der Waals surface area contributed by atoms with E-state index in [1.807, 2.05) is 0 Å². The summed E-state index contributed by atoms with van der Waals surface area (Å²) in [5.74, 6) is 0.388. The Balaban J connectivity index is 1.92. The Morgan fingerprint density at radius 3 is 2.57 bits per heavy atom. The second-order valence-corrected chi connectivity index (χ2v) is 6.70. The van der Waals surface area contributed by atoms with Gasteiger partial charge in [-0.1, -0.05) is 0 Å². The lowest BCUT2D eigenvalue weighted by atomic mass is 10.0. The largest absolute Gasteiger partial charge is 0.329 e. The summed E-state index contributed by atoms with van der Waals surface area (Å²) in [6, 6.07) is 0.436. The van der Waals surface area contributed by atoms with Crippen LogP contribution in [0, 0.1) is 0 Å². The normalized spacial score (nSPS) is 36.9. The van der Waals surface area contributed by atoms with Crippen molar-refractivity contribution >= 4 is 9.84 Å². The number of nitrogens with two attached hydrogens (primary N) is 1. The number of nitrogens with zero attached hydrogens (tertiary/aromatic N) is 1. The SMILES string of the molecule is NCC1CCN1CC1CCCS1(=O)=O. The molecule has 14 heavy (non-hydrogen) atoms. The number of hydrogen-bond acceptors (Lipinski definition) is 4. The van der Waals surface area contributed by atoms with E-state index in [0.717, 1.165) is 25.8 Å². The van der Waals surface area contributed by atoms with E-state index in [9.17, 15) is 8.42 Å². The molecule has 0 aliphatic carbocycles. The molecule has 0 saturated carbocycles. The lowest BCUT2D eigenvalue weighted by molar-refractivity contribution is 0.0966. The highest BCUT2D eigenvalue weighted by atomic mass is 32.2. The summed E-state index contributed by atoms with van der Waals surface area (Å²) in [6.45, 7) is 2.39. The predicted molar refractivity (Wildman–Crippen MR) is 55.8 cm³/mol. The molecule has 2 fully saturated rings. The molecule has 0 radical (unpaired) electrons. The minimum absolute atomic E-state index is 0.114. The van der Waals surface area contributed by atoms with Gasteiger partial charge in [0, 0.05) is 25.7 Å². The molecule has 4 nitrogen and oxygen atoms in total. The first-order valence-electron chi connectivity index (χ1n) is 5.29. The molecule has 2 N–H and O–H groups in total. The van der Waals surface area contributed by atoms with E-state index in [-0.39, 0.29) is 5.25 Å². The summed E-state index contributed by atoms with van der Waals surface area (Å²) < 4.78 is 23.1. The van der Waals surface area contributed by atoms with Gasteiger partial charge in [0.25, 0.3) is 0 Å². The van der Waals surface area contributed by atoms with E-state index >= 15 is 0 Å². The van der Waals surface area contributed by atoms with Gasteiger partial charge in [0.1, 0.15) is 0 Å². The highest BCUT2D eigenvalue weighted by molar-refractivity contribution is 7.92. The Kier molecular flexibility index (Phi) is 2.81. The van der Waals surface area contributed by atoms with Crippen molar-refractivity contribution < 1.29 is 8.42 Å². The summed E-state index contributed by atoms with van der Waals surface area (Å²) in [4.78, 5) is 2.22. The van der Waals surface area contributed by atoms with Crippen molar-refractivity contribution in [3.8, 4) is 0 Å². The highest BCUT2D eigenvalue weighted by Gasteiger charge is 2.36. The van der Waals surface area contributed by atoms with Gasteiger partial charge in [-0.15, -0.1) is 0 Å².